The molecule has 4 N–H and O–H groups in total. The molecule has 2 aromatic rings. The minimum absolute atomic E-state index is 0.104. The number of rotatable bonds is 6. The Morgan fingerprint density at radius 3 is 3.17 bits per heavy atom. The lowest BCUT2D eigenvalue weighted by molar-refractivity contribution is -0.122. The Morgan fingerprint density at radius 1 is 1.56 bits per heavy atom. The third-order valence-corrected chi connectivity index (χ3v) is 2.23. The minimum atomic E-state index is -0.502. The van der Waals surface area contributed by atoms with E-state index in [1.165, 1.54) is 0 Å². The molecule has 0 aliphatic rings. The van der Waals surface area contributed by atoms with Gasteiger partial charge in [-0.15, -0.1) is 0 Å². The number of carbonyl (C=O) groups is 1. The minimum Gasteiger partial charge on any atom is -0.370 e. The second-order valence-corrected chi connectivity index (χ2v) is 3.76. The Labute approximate surface area is 107 Å². The summed E-state index contributed by atoms with van der Waals surface area (Å²) in [7, 11) is 0. The van der Waals surface area contributed by atoms with Crippen LogP contribution in [0, 0.1) is 0 Å². The van der Waals surface area contributed by atoms with Gasteiger partial charge < -0.3 is 15.8 Å². The average Bonchev–Trinajstić information content (AvgIpc) is 2.75. The van der Waals surface area contributed by atoms with Gasteiger partial charge in [-0.2, -0.15) is 15.1 Å². The van der Waals surface area contributed by atoms with E-state index in [1.807, 2.05) is 0 Å². The number of nitrogens with zero attached hydrogens (tertiary/aromatic N) is 3. The van der Waals surface area contributed by atoms with Crippen LogP contribution in [0.3, 0.4) is 0 Å². The summed E-state index contributed by atoms with van der Waals surface area (Å²) in [5, 5.41) is 10.4. The molecule has 0 aromatic carbocycles. The van der Waals surface area contributed by atoms with Crippen molar-refractivity contribution in [1.29, 1.82) is 0 Å². The number of H-pyrrole nitrogens is 1. The first-order valence-corrected chi connectivity index (χ1v) is 5.51. The largest absolute Gasteiger partial charge is 0.370 e. The maximum absolute atomic E-state index is 10.4. The zero-order valence-electron chi connectivity index (χ0n) is 9.31. The van der Waals surface area contributed by atoms with Gasteiger partial charge in [-0.3, -0.25) is 9.89 Å². The summed E-state index contributed by atoms with van der Waals surface area (Å²) < 4.78 is 5.00. The highest BCUT2D eigenvalue weighted by atomic mass is 35.5. The molecule has 0 saturated heterocycles. The van der Waals surface area contributed by atoms with Gasteiger partial charge in [0, 0.05) is 6.54 Å². The van der Waals surface area contributed by atoms with Crippen molar-refractivity contribution in [2.24, 2.45) is 5.73 Å². The summed E-state index contributed by atoms with van der Waals surface area (Å²) in [5.41, 5.74) is 5.48. The van der Waals surface area contributed by atoms with Crippen LogP contribution in [0.25, 0.3) is 11.0 Å². The van der Waals surface area contributed by atoms with E-state index in [-0.39, 0.29) is 11.9 Å². The predicted molar refractivity (Wildman–Crippen MR) is 65.2 cm³/mol. The zero-order chi connectivity index (χ0) is 13.0. The Bertz CT molecular complexity index is 557. The van der Waals surface area contributed by atoms with Crippen LogP contribution in [0.2, 0.25) is 5.28 Å². The third kappa shape index (κ3) is 3.05. The smallest absolute Gasteiger partial charge is 0.243 e. The SMILES string of the molecule is NC(=O)COCCNc1nc(Cl)nc2[nH]ncc12. The Balaban J connectivity index is 1.94. The first kappa shape index (κ1) is 12.5. The number of hydrogen-bond acceptors (Lipinski definition) is 6. The molecule has 2 heterocycles. The summed E-state index contributed by atoms with van der Waals surface area (Å²) in [6.45, 7) is 0.679. The molecule has 0 fully saturated rings. The highest BCUT2D eigenvalue weighted by Gasteiger charge is 2.07. The summed E-state index contributed by atoms with van der Waals surface area (Å²) in [6, 6.07) is 0. The molecule has 2 aromatic heterocycles. The monoisotopic (exact) mass is 270 g/mol. The van der Waals surface area contributed by atoms with Crippen LogP contribution in [0.5, 0.6) is 0 Å². The molecule has 0 bridgehead atoms. The second kappa shape index (κ2) is 5.61. The van der Waals surface area contributed by atoms with E-state index in [0.29, 0.717) is 24.6 Å². The van der Waals surface area contributed by atoms with Crippen molar-refractivity contribution in [1.82, 2.24) is 20.2 Å². The summed E-state index contributed by atoms with van der Waals surface area (Å²) in [6.07, 6.45) is 1.60. The highest BCUT2D eigenvalue weighted by molar-refractivity contribution is 6.28. The number of primary amides is 1. The molecule has 0 radical (unpaired) electrons. The molecule has 1 amide bonds. The molecule has 0 aliphatic carbocycles. The zero-order valence-corrected chi connectivity index (χ0v) is 10.1. The van der Waals surface area contributed by atoms with Crippen molar-refractivity contribution in [2.75, 3.05) is 25.1 Å². The molecule has 96 valence electrons. The van der Waals surface area contributed by atoms with Crippen LogP contribution >= 0.6 is 11.6 Å². The van der Waals surface area contributed by atoms with Crippen LogP contribution in [0.1, 0.15) is 0 Å². The fraction of sp³-hybridized carbons (Fsp3) is 0.333. The number of carbonyl (C=O) groups excluding carboxylic acids is 1. The van der Waals surface area contributed by atoms with Crippen molar-refractivity contribution in [3.8, 4) is 0 Å². The van der Waals surface area contributed by atoms with Gasteiger partial charge in [-0.25, -0.2) is 0 Å². The van der Waals surface area contributed by atoms with Crippen LogP contribution < -0.4 is 11.1 Å². The molecule has 0 atom stereocenters. The van der Waals surface area contributed by atoms with Crippen molar-refractivity contribution in [3.63, 3.8) is 0 Å². The number of aromatic amines is 1. The summed E-state index contributed by atoms with van der Waals surface area (Å²) in [5.74, 6) is 0.0544. The fourth-order valence-corrected chi connectivity index (χ4v) is 1.53. The number of anilines is 1. The van der Waals surface area contributed by atoms with E-state index in [4.69, 9.17) is 22.1 Å². The van der Waals surface area contributed by atoms with Crippen LogP contribution in [-0.2, 0) is 9.53 Å². The Hall–Kier alpha value is -1.93. The maximum atomic E-state index is 10.4. The lowest BCUT2D eigenvalue weighted by Gasteiger charge is -2.06. The number of amides is 1. The lowest BCUT2D eigenvalue weighted by atomic mass is 10.4. The molecule has 8 nitrogen and oxygen atoms in total. The molecule has 0 spiro atoms. The topological polar surface area (TPSA) is 119 Å². The quantitative estimate of drug-likeness (QED) is 0.499. The van der Waals surface area contributed by atoms with Gasteiger partial charge in [0.1, 0.15) is 12.4 Å². The molecule has 2 rings (SSSR count). The van der Waals surface area contributed by atoms with Crippen LogP contribution in [0.15, 0.2) is 6.20 Å². The van der Waals surface area contributed by atoms with Gasteiger partial charge in [-0.05, 0) is 11.6 Å². The second-order valence-electron chi connectivity index (χ2n) is 3.42. The number of ether oxygens (including phenoxy) is 1. The number of aromatic nitrogens is 4. The van der Waals surface area contributed by atoms with Gasteiger partial charge in [0.05, 0.1) is 18.2 Å². The van der Waals surface area contributed by atoms with E-state index in [2.05, 4.69) is 25.5 Å². The standard InChI is InChI=1S/C9H11ClN6O2/c10-9-14-7(5-3-13-16-8(5)15-9)12-1-2-18-4-6(11)17/h3H,1-2,4H2,(H2,11,17)(H2,12,13,14,15,16). The van der Waals surface area contributed by atoms with Gasteiger partial charge >= 0.3 is 0 Å². The first-order valence-electron chi connectivity index (χ1n) is 5.13. The van der Waals surface area contributed by atoms with Gasteiger partial charge in [0.15, 0.2) is 5.65 Å². The van der Waals surface area contributed by atoms with E-state index in [0.717, 1.165) is 5.39 Å². The van der Waals surface area contributed by atoms with Crippen molar-refractivity contribution in [3.05, 3.63) is 11.5 Å². The number of nitrogens with one attached hydrogen (secondary N) is 2. The number of nitrogens with two attached hydrogens (primary N) is 1. The van der Waals surface area contributed by atoms with E-state index >= 15 is 0 Å². The molecule has 18 heavy (non-hydrogen) atoms. The molecular formula is C9H11ClN6O2. The predicted octanol–water partition coefficient (Wildman–Crippen LogP) is -0.0799. The van der Waals surface area contributed by atoms with Crippen LogP contribution in [-0.4, -0.2) is 45.8 Å². The van der Waals surface area contributed by atoms with Gasteiger partial charge in [-0.1, -0.05) is 0 Å². The van der Waals surface area contributed by atoms with Crippen LogP contribution in [0.4, 0.5) is 5.82 Å². The van der Waals surface area contributed by atoms with Crippen molar-refractivity contribution >= 4 is 34.4 Å². The lowest BCUT2D eigenvalue weighted by Crippen LogP contribution is -2.20. The number of hydrogen-bond donors (Lipinski definition) is 3. The Morgan fingerprint density at radius 2 is 2.39 bits per heavy atom. The normalized spacial score (nSPS) is 10.7. The van der Waals surface area contributed by atoms with Crippen molar-refractivity contribution in [2.45, 2.75) is 0 Å². The van der Waals surface area contributed by atoms with E-state index in [9.17, 15) is 4.79 Å². The molecule has 0 aliphatic heterocycles. The molecule has 0 saturated carbocycles. The van der Waals surface area contributed by atoms with Gasteiger partial charge in [0.2, 0.25) is 11.2 Å². The Kier molecular flexibility index (Phi) is 3.90. The number of halogens is 1. The third-order valence-electron chi connectivity index (χ3n) is 2.07. The maximum Gasteiger partial charge on any atom is 0.243 e. The van der Waals surface area contributed by atoms with Gasteiger partial charge in [0.25, 0.3) is 0 Å². The first-order chi connectivity index (χ1) is 8.66. The summed E-state index contributed by atoms with van der Waals surface area (Å²) >= 11 is 5.76. The summed E-state index contributed by atoms with van der Waals surface area (Å²) in [4.78, 5) is 18.5. The molecule has 9 heteroatoms. The number of fused-ring (bicyclic) bond motifs is 1. The molecule has 0 unspecified atom stereocenters. The van der Waals surface area contributed by atoms with E-state index < -0.39 is 5.91 Å². The average molecular weight is 271 g/mol. The molecular weight excluding hydrogens is 260 g/mol. The fourth-order valence-electron chi connectivity index (χ4n) is 1.36. The highest BCUT2D eigenvalue weighted by Crippen LogP contribution is 2.19. The van der Waals surface area contributed by atoms with E-state index in [1.54, 1.807) is 6.20 Å². The van der Waals surface area contributed by atoms with Crippen molar-refractivity contribution < 1.29 is 9.53 Å².